The van der Waals surface area contributed by atoms with Crippen LogP contribution in [0.25, 0.3) is 0 Å². The van der Waals surface area contributed by atoms with Crippen molar-refractivity contribution in [2.24, 2.45) is 29.1 Å². The topological polar surface area (TPSA) is 17.1 Å². The van der Waals surface area contributed by atoms with Crippen LogP contribution in [0, 0.1) is 29.1 Å². The van der Waals surface area contributed by atoms with Gasteiger partial charge in [0.1, 0.15) is 6.29 Å². The van der Waals surface area contributed by atoms with E-state index in [2.05, 4.69) is 6.92 Å². The summed E-state index contributed by atoms with van der Waals surface area (Å²) < 4.78 is 0. The molecule has 1 nitrogen and oxygen atoms in total. The fourth-order valence-corrected chi connectivity index (χ4v) is 5.57. The molecule has 96 valence electrons. The Morgan fingerprint density at radius 2 is 1.65 bits per heavy atom. The molecule has 0 saturated heterocycles. The average Bonchev–Trinajstić information content (AvgIpc) is 2.27. The van der Waals surface area contributed by atoms with Crippen LogP contribution in [0.1, 0.15) is 64.7 Å². The Kier molecular flexibility index (Phi) is 3.04. The maximum absolute atomic E-state index is 11.5. The van der Waals surface area contributed by atoms with Gasteiger partial charge >= 0.3 is 0 Å². The van der Waals surface area contributed by atoms with Crippen LogP contribution < -0.4 is 0 Å². The Balaban J connectivity index is 1.77. The Hall–Kier alpha value is -0.330. The van der Waals surface area contributed by atoms with Gasteiger partial charge in [-0.25, -0.2) is 0 Å². The van der Waals surface area contributed by atoms with E-state index in [9.17, 15) is 4.79 Å². The first kappa shape index (κ1) is 11.7. The van der Waals surface area contributed by atoms with Crippen molar-refractivity contribution in [3.8, 4) is 0 Å². The van der Waals surface area contributed by atoms with E-state index in [-0.39, 0.29) is 0 Å². The van der Waals surface area contributed by atoms with Crippen LogP contribution in [-0.2, 0) is 4.79 Å². The zero-order chi connectivity index (χ0) is 11.9. The molecule has 0 aromatic heterocycles. The van der Waals surface area contributed by atoms with Crippen LogP contribution in [-0.4, -0.2) is 6.29 Å². The van der Waals surface area contributed by atoms with Gasteiger partial charge in [0, 0.05) is 5.92 Å². The molecule has 0 N–H and O–H groups in total. The van der Waals surface area contributed by atoms with Crippen molar-refractivity contribution >= 4 is 6.29 Å². The molecule has 0 radical (unpaired) electrons. The SMILES string of the molecule is CCCCC(C=O)C12CC3CC(CC(C3)C1)C2. The van der Waals surface area contributed by atoms with E-state index in [0.29, 0.717) is 11.3 Å². The molecule has 4 rings (SSSR count). The monoisotopic (exact) mass is 234 g/mol. The summed E-state index contributed by atoms with van der Waals surface area (Å²) in [4.78, 5) is 11.5. The van der Waals surface area contributed by atoms with Gasteiger partial charge in [-0.1, -0.05) is 19.8 Å². The predicted octanol–water partition coefficient (Wildman–Crippen LogP) is 4.21. The lowest BCUT2D eigenvalue weighted by molar-refractivity contribution is -0.128. The zero-order valence-corrected chi connectivity index (χ0v) is 11.2. The van der Waals surface area contributed by atoms with Crippen molar-refractivity contribution in [3.63, 3.8) is 0 Å². The Labute approximate surface area is 105 Å². The standard InChI is InChI=1S/C16H26O/c1-2-3-4-15(11-17)16-8-12-5-13(9-16)7-14(6-12)10-16/h11-15H,2-10H2,1H3. The molecule has 4 fully saturated rings. The second-order valence-electron chi connectivity index (χ2n) is 7.16. The normalized spacial score (nSPS) is 44.9. The van der Waals surface area contributed by atoms with Gasteiger partial charge in [0.25, 0.3) is 0 Å². The Morgan fingerprint density at radius 3 is 2.06 bits per heavy atom. The Morgan fingerprint density at radius 1 is 1.12 bits per heavy atom. The van der Waals surface area contributed by atoms with Gasteiger partial charge < -0.3 is 4.79 Å². The first-order chi connectivity index (χ1) is 8.25. The van der Waals surface area contributed by atoms with E-state index >= 15 is 0 Å². The molecule has 0 aromatic carbocycles. The van der Waals surface area contributed by atoms with Crippen LogP contribution in [0.2, 0.25) is 0 Å². The number of carbonyl (C=O) groups excluding carboxylic acids is 1. The van der Waals surface area contributed by atoms with E-state index in [1.54, 1.807) is 0 Å². The largest absolute Gasteiger partial charge is 0.303 e. The number of aldehydes is 1. The minimum Gasteiger partial charge on any atom is -0.303 e. The molecule has 4 aliphatic carbocycles. The van der Waals surface area contributed by atoms with Gasteiger partial charge in [0.05, 0.1) is 0 Å². The third kappa shape index (κ3) is 1.96. The van der Waals surface area contributed by atoms with Gasteiger partial charge in [0.15, 0.2) is 0 Å². The van der Waals surface area contributed by atoms with Gasteiger partial charge in [-0.15, -0.1) is 0 Å². The van der Waals surface area contributed by atoms with Gasteiger partial charge in [0.2, 0.25) is 0 Å². The molecular weight excluding hydrogens is 208 g/mol. The second-order valence-corrected chi connectivity index (χ2v) is 7.16. The molecular formula is C16H26O. The van der Waals surface area contributed by atoms with Crippen molar-refractivity contribution in [2.45, 2.75) is 64.7 Å². The number of hydrogen-bond acceptors (Lipinski definition) is 1. The quantitative estimate of drug-likeness (QED) is 0.651. The molecule has 0 aromatic rings. The highest BCUT2D eigenvalue weighted by Gasteiger charge is 2.53. The average molecular weight is 234 g/mol. The summed E-state index contributed by atoms with van der Waals surface area (Å²) in [6.07, 6.45) is 13.6. The van der Waals surface area contributed by atoms with E-state index in [1.165, 1.54) is 57.7 Å². The summed E-state index contributed by atoms with van der Waals surface area (Å²) in [6.45, 7) is 2.24. The van der Waals surface area contributed by atoms with Crippen molar-refractivity contribution < 1.29 is 4.79 Å². The van der Waals surface area contributed by atoms with Crippen molar-refractivity contribution in [1.82, 2.24) is 0 Å². The number of hydrogen-bond donors (Lipinski definition) is 0. The summed E-state index contributed by atoms with van der Waals surface area (Å²) in [6, 6.07) is 0. The summed E-state index contributed by atoms with van der Waals surface area (Å²) in [5.74, 6) is 3.32. The second kappa shape index (κ2) is 4.40. The lowest BCUT2D eigenvalue weighted by atomic mass is 9.46. The van der Waals surface area contributed by atoms with E-state index in [1.807, 2.05) is 0 Å². The van der Waals surface area contributed by atoms with Gasteiger partial charge in [-0.05, 0) is 68.1 Å². The fourth-order valence-electron chi connectivity index (χ4n) is 5.57. The molecule has 4 aliphatic rings. The molecule has 0 spiro atoms. The van der Waals surface area contributed by atoms with E-state index in [0.717, 1.165) is 24.2 Å². The van der Waals surface area contributed by atoms with Crippen molar-refractivity contribution in [1.29, 1.82) is 0 Å². The minimum atomic E-state index is 0.385. The van der Waals surface area contributed by atoms with E-state index in [4.69, 9.17) is 0 Å². The molecule has 4 bridgehead atoms. The number of rotatable bonds is 5. The fraction of sp³-hybridized carbons (Fsp3) is 0.938. The molecule has 1 unspecified atom stereocenters. The molecule has 4 saturated carbocycles. The van der Waals surface area contributed by atoms with Crippen molar-refractivity contribution in [2.75, 3.05) is 0 Å². The maximum Gasteiger partial charge on any atom is 0.123 e. The smallest absolute Gasteiger partial charge is 0.123 e. The van der Waals surface area contributed by atoms with Crippen LogP contribution >= 0.6 is 0 Å². The third-order valence-electron chi connectivity index (χ3n) is 5.91. The number of carbonyl (C=O) groups is 1. The molecule has 0 heterocycles. The highest BCUT2D eigenvalue weighted by Crippen LogP contribution is 2.63. The summed E-state index contributed by atoms with van der Waals surface area (Å²) in [7, 11) is 0. The summed E-state index contributed by atoms with van der Waals surface area (Å²) in [5, 5.41) is 0. The molecule has 1 heteroatoms. The minimum absolute atomic E-state index is 0.385. The van der Waals surface area contributed by atoms with Crippen LogP contribution in [0.5, 0.6) is 0 Å². The molecule has 1 atom stereocenters. The zero-order valence-electron chi connectivity index (χ0n) is 11.2. The van der Waals surface area contributed by atoms with E-state index < -0.39 is 0 Å². The van der Waals surface area contributed by atoms with Gasteiger partial charge in [-0.2, -0.15) is 0 Å². The molecule has 0 amide bonds. The molecule has 17 heavy (non-hydrogen) atoms. The summed E-state index contributed by atoms with van der Waals surface area (Å²) in [5.41, 5.74) is 0.450. The van der Waals surface area contributed by atoms with Crippen molar-refractivity contribution in [3.05, 3.63) is 0 Å². The molecule has 0 aliphatic heterocycles. The first-order valence-electron chi connectivity index (χ1n) is 7.71. The van der Waals surface area contributed by atoms with Crippen LogP contribution in [0.3, 0.4) is 0 Å². The lowest BCUT2D eigenvalue weighted by Crippen LogP contribution is -2.50. The highest BCUT2D eigenvalue weighted by atomic mass is 16.1. The number of unbranched alkanes of at least 4 members (excludes halogenated alkanes) is 1. The highest BCUT2D eigenvalue weighted by molar-refractivity contribution is 5.55. The maximum atomic E-state index is 11.5. The first-order valence-corrected chi connectivity index (χ1v) is 7.71. The van der Waals surface area contributed by atoms with Crippen LogP contribution in [0.4, 0.5) is 0 Å². The third-order valence-corrected chi connectivity index (χ3v) is 5.91. The van der Waals surface area contributed by atoms with Crippen LogP contribution in [0.15, 0.2) is 0 Å². The predicted molar refractivity (Wildman–Crippen MR) is 69.7 cm³/mol. The van der Waals surface area contributed by atoms with Gasteiger partial charge in [-0.3, -0.25) is 0 Å². The Bertz CT molecular complexity index is 259. The lowest BCUT2D eigenvalue weighted by Gasteiger charge is -2.58. The summed E-state index contributed by atoms with van der Waals surface area (Å²) >= 11 is 0.